The Kier molecular flexibility index (Phi) is 6.85. The van der Waals surface area contributed by atoms with Crippen molar-refractivity contribution < 1.29 is 9.21 Å². The Morgan fingerprint density at radius 1 is 1.17 bits per heavy atom. The minimum Gasteiger partial charge on any atom is -0.467 e. The van der Waals surface area contributed by atoms with Crippen LogP contribution in [0.25, 0.3) is 0 Å². The third kappa shape index (κ3) is 4.36. The predicted molar refractivity (Wildman–Crippen MR) is 96.4 cm³/mol. The highest BCUT2D eigenvalue weighted by Gasteiger charge is 2.17. The summed E-state index contributed by atoms with van der Waals surface area (Å²) < 4.78 is 5.24. The van der Waals surface area contributed by atoms with Crippen LogP contribution >= 0.6 is 12.4 Å². The van der Waals surface area contributed by atoms with Crippen molar-refractivity contribution in [1.29, 1.82) is 0 Å². The molecule has 0 fully saturated rings. The van der Waals surface area contributed by atoms with Crippen LogP contribution in [0.2, 0.25) is 0 Å². The van der Waals surface area contributed by atoms with Gasteiger partial charge in [0.15, 0.2) is 0 Å². The van der Waals surface area contributed by atoms with E-state index >= 15 is 0 Å². The number of para-hydroxylation sites is 1. The standard InChI is InChI=1S/C18H24N2O2.ClH/c1-11(2)15-6-5-7-16(12(3)4)17(15)20-18(21)13-8-14(9-19)22-10-13;/h5-8,10-12H,9,19H2,1-4H3,(H,20,21);1H. The van der Waals surface area contributed by atoms with Gasteiger partial charge in [-0.05, 0) is 29.0 Å². The molecule has 1 aromatic heterocycles. The second-order valence-corrected chi connectivity index (χ2v) is 6.08. The van der Waals surface area contributed by atoms with Crippen molar-refractivity contribution in [2.24, 2.45) is 5.73 Å². The highest BCUT2D eigenvalue weighted by atomic mass is 35.5. The third-order valence-electron chi connectivity index (χ3n) is 3.73. The van der Waals surface area contributed by atoms with E-state index < -0.39 is 0 Å². The topological polar surface area (TPSA) is 68.3 Å². The summed E-state index contributed by atoms with van der Waals surface area (Å²) in [4.78, 5) is 12.5. The average Bonchev–Trinajstić information content (AvgIpc) is 2.95. The maximum absolute atomic E-state index is 12.5. The van der Waals surface area contributed by atoms with Crippen LogP contribution in [-0.4, -0.2) is 5.91 Å². The van der Waals surface area contributed by atoms with Gasteiger partial charge in [0.2, 0.25) is 0 Å². The fourth-order valence-corrected chi connectivity index (χ4v) is 2.49. The molecule has 5 heteroatoms. The number of anilines is 1. The van der Waals surface area contributed by atoms with E-state index in [1.807, 2.05) is 6.07 Å². The quantitative estimate of drug-likeness (QED) is 0.834. The van der Waals surface area contributed by atoms with E-state index in [1.165, 1.54) is 6.26 Å². The first-order chi connectivity index (χ1) is 10.4. The number of nitrogens with two attached hydrogens (primary N) is 1. The summed E-state index contributed by atoms with van der Waals surface area (Å²) in [6.07, 6.45) is 1.45. The van der Waals surface area contributed by atoms with Crippen LogP contribution in [0.4, 0.5) is 5.69 Å². The molecular formula is C18H25ClN2O2. The highest BCUT2D eigenvalue weighted by Crippen LogP contribution is 2.32. The molecule has 1 amide bonds. The van der Waals surface area contributed by atoms with Gasteiger partial charge in [-0.3, -0.25) is 4.79 Å². The molecule has 0 aliphatic carbocycles. The van der Waals surface area contributed by atoms with Crippen LogP contribution in [0.1, 0.15) is 66.8 Å². The second-order valence-electron chi connectivity index (χ2n) is 6.08. The minimum atomic E-state index is -0.168. The van der Waals surface area contributed by atoms with Gasteiger partial charge in [-0.2, -0.15) is 0 Å². The number of rotatable bonds is 5. The maximum Gasteiger partial charge on any atom is 0.258 e. The van der Waals surface area contributed by atoms with Crippen molar-refractivity contribution in [3.05, 3.63) is 53.0 Å². The number of benzene rings is 1. The normalized spacial score (nSPS) is 10.7. The van der Waals surface area contributed by atoms with E-state index in [2.05, 4.69) is 45.1 Å². The molecule has 0 bridgehead atoms. The summed E-state index contributed by atoms with van der Waals surface area (Å²) >= 11 is 0. The van der Waals surface area contributed by atoms with E-state index in [4.69, 9.17) is 10.2 Å². The van der Waals surface area contributed by atoms with Gasteiger partial charge in [0, 0.05) is 5.69 Å². The SMILES string of the molecule is CC(C)c1cccc(C(C)C)c1NC(=O)c1coc(CN)c1.Cl. The van der Waals surface area contributed by atoms with Crippen molar-refractivity contribution >= 4 is 24.0 Å². The number of hydrogen-bond donors (Lipinski definition) is 2. The van der Waals surface area contributed by atoms with Crippen molar-refractivity contribution in [3.63, 3.8) is 0 Å². The first-order valence-corrected chi connectivity index (χ1v) is 7.65. The molecule has 0 spiro atoms. The van der Waals surface area contributed by atoms with Gasteiger partial charge in [0.05, 0.1) is 12.1 Å². The molecule has 0 aliphatic rings. The summed E-state index contributed by atoms with van der Waals surface area (Å²) in [5.41, 5.74) is 9.20. The molecule has 0 saturated carbocycles. The molecule has 2 aromatic rings. The molecule has 1 aromatic carbocycles. The van der Waals surface area contributed by atoms with Crippen molar-refractivity contribution in [3.8, 4) is 0 Å². The zero-order valence-corrected chi connectivity index (χ0v) is 14.9. The van der Waals surface area contributed by atoms with E-state index in [0.717, 1.165) is 16.8 Å². The molecule has 4 nitrogen and oxygen atoms in total. The predicted octanol–water partition coefficient (Wildman–Crippen LogP) is 4.66. The lowest BCUT2D eigenvalue weighted by molar-refractivity contribution is 0.102. The highest BCUT2D eigenvalue weighted by molar-refractivity contribution is 6.05. The first kappa shape index (κ1) is 19.3. The number of hydrogen-bond acceptors (Lipinski definition) is 3. The zero-order valence-electron chi connectivity index (χ0n) is 14.1. The summed E-state index contributed by atoms with van der Waals surface area (Å²) in [5, 5.41) is 3.06. The Labute approximate surface area is 143 Å². The average molecular weight is 337 g/mol. The molecule has 0 saturated heterocycles. The summed E-state index contributed by atoms with van der Waals surface area (Å²) in [6, 6.07) is 7.85. The Bertz CT molecular complexity index is 637. The molecule has 0 unspecified atom stereocenters. The molecule has 2 rings (SSSR count). The molecule has 0 atom stereocenters. The van der Waals surface area contributed by atoms with Crippen LogP contribution in [0.15, 0.2) is 34.9 Å². The Morgan fingerprint density at radius 3 is 2.17 bits per heavy atom. The largest absolute Gasteiger partial charge is 0.467 e. The van der Waals surface area contributed by atoms with Crippen LogP contribution in [0.5, 0.6) is 0 Å². The van der Waals surface area contributed by atoms with E-state index in [-0.39, 0.29) is 24.9 Å². The van der Waals surface area contributed by atoms with Gasteiger partial charge in [0.1, 0.15) is 12.0 Å². The lowest BCUT2D eigenvalue weighted by Gasteiger charge is -2.19. The monoisotopic (exact) mass is 336 g/mol. The lowest BCUT2D eigenvalue weighted by atomic mass is 9.92. The van der Waals surface area contributed by atoms with E-state index in [9.17, 15) is 4.79 Å². The Balaban J connectivity index is 0.00000264. The van der Waals surface area contributed by atoms with E-state index in [1.54, 1.807) is 6.07 Å². The number of amides is 1. The first-order valence-electron chi connectivity index (χ1n) is 7.65. The third-order valence-corrected chi connectivity index (χ3v) is 3.73. The van der Waals surface area contributed by atoms with Gasteiger partial charge in [0.25, 0.3) is 5.91 Å². The maximum atomic E-state index is 12.5. The molecule has 23 heavy (non-hydrogen) atoms. The summed E-state index contributed by atoms with van der Waals surface area (Å²) in [6.45, 7) is 8.78. The van der Waals surface area contributed by atoms with Crippen LogP contribution < -0.4 is 11.1 Å². The second kappa shape index (κ2) is 8.18. The molecule has 1 heterocycles. The summed E-state index contributed by atoms with van der Waals surface area (Å²) in [7, 11) is 0. The summed E-state index contributed by atoms with van der Waals surface area (Å²) in [5.74, 6) is 1.10. The lowest BCUT2D eigenvalue weighted by Crippen LogP contribution is -2.15. The number of halogens is 1. The van der Waals surface area contributed by atoms with E-state index in [0.29, 0.717) is 23.2 Å². The van der Waals surface area contributed by atoms with Gasteiger partial charge >= 0.3 is 0 Å². The van der Waals surface area contributed by atoms with Crippen LogP contribution in [0.3, 0.4) is 0 Å². The molecular weight excluding hydrogens is 312 g/mol. The Hall–Kier alpha value is -1.78. The van der Waals surface area contributed by atoms with Gasteiger partial charge in [-0.1, -0.05) is 45.9 Å². The van der Waals surface area contributed by atoms with Crippen molar-refractivity contribution in [1.82, 2.24) is 0 Å². The van der Waals surface area contributed by atoms with Gasteiger partial charge < -0.3 is 15.5 Å². The van der Waals surface area contributed by atoms with Crippen LogP contribution in [0, 0.1) is 0 Å². The Morgan fingerprint density at radius 2 is 1.74 bits per heavy atom. The fraction of sp³-hybridized carbons (Fsp3) is 0.389. The molecule has 3 N–H and O–H groups in total. The van der Waals surface area contributed by atoms with Crippen LogP contribution in [-0.2, 0) is 6.54 Å². The number of nitrogens with one attached hydrogen (secondary N) is 1. The fourth-order valence-electron chi connectivity index (χ4n) is 2.49. The smallest absolute Gasteiger partial charge is 0.258 e. The van der Waals surface area contributed by atoms with Gasteiger partial charge in [-0.15, -0.1) is 12.4 Å². The van der Waals surface area contributed by atoms with Crippen molar-refractivity contribution in [2.75, 3.05) is 5.32 Å². The zero-order chi connectivity index (χ0) is 16.3. The molecule has 126 valence electrons. The van der Waals surface area contributed by atoms with Crippen molar-refractivity contribution in [2.45, 2.75) is 46.1 Å². The number of furan rings is 1. The van der Waals surface area contributed by atoms with Gasteiger partial charge in [-0.25, -0.2) is 0 Å². The number of carbonyl (C=O) groups is 1. The minimum absolute atomic E-state index is 0. The molecule has 0 radical (unpaired) electrons. The molecule has 0 aliphatic heterocycles. The number of carbonyl (C=O) groups excluding carboxylic acids is 1.